The molecule has 0 heterocycles. The van der Waals surface area contributed by atoms with E-state index in [1.807, 2.05) is 42.5 Å². The second-order valence-electron chi connectivity index (χ2n) is 4.60. The Bertz CT molecular complexity index is 414. The molecule has 0 bridgehead atoms. The summed E-state index contributed by atoms with van der Waals surface area (Å²) in [4.78, 5) is 11.2. The van der Waals surface area contributed by atoms with Gasteiger partial charge in [0.15, 0.2) is 0 Å². The van der Waals surface area contributed by atoms with Crippen LogP contribution < -0.4 is 0 Å². The number of esters is 1. The third-order valence-electron chi connectivity index (χ3n) is 2.77. The van der Waals surface area contributed by atoms with Crippen molar-refractivity contribution in [2.75, 3.05) is 6.61 Å². The van der Waals surface area contributed by atoms with Crippen LogP contribution in [0, 0.1) is 0 Å². The number of ether oxygens (including phenoxy) is 1. The molecule has 0 aliphatic carbocycles. The van der Waals surface area contributed by atoms with Gasteiger partial charge in [0.25, 0.3) is 0 Å². The molecule has 2 unspecified atom stereocenters. The van der Waals surface area contributed by atoms with Crippen LogP contribution in [0.25, 0.3) is 6.08 Å². The van der Waals surface area contributed by atoms with Crippen LogP contribution in [0.1, 0.15) is 31.7 Å². The predicted molar refractivity (Wildman–Crippen MR) is 78.0 cm³/mol. The average Bonchev–Trinajstić information content (AvgIpc) is 2.39. The monoisotopic (exact) mass is 278 g/mol. The highest BCUT2D eigenvalue weighted by Gasteiger charge is 2.15. The van der Waals surface area contributed by atoms with E-state index in [1.54, 1.807) is 6.92 Å². The molecule has 0 radical (unpaired) electrons. The van der Waals surface area contributed by atoms with Crippen LogP contribution in [0.15, 0.2) is 36.4 Å². The van der Waals surface area contributed by atoms with E-state index < -0.39 is 18.2 Å². The highest BCUT2D eigenvalue weighted by molar-refractivity contribution is 5.69. The Labute approximate surface area is 119 Å². The topological polar surface area (TPSA) is 66.8 Å². The number of aliphatic hydroxyl groups excluding tert-OH is 2. The first-order chi connectivity index (χ1) is 9.61. The second kappa shape index (κ2) is 9.28. The molecule has 20 heavy (non-hydrogen) atoms. The number of hydrogen-bond acceptors (Lipinski definition) is 4. The van der Waals surface area contributed by atoms with Gasteiger partial charge in [-0.2, -0.15) is 0 Å². The van der Waals surface area contributed by atoms with Gasteiger partial charge in [-0.25, -0.2) is 0 Å². The molecular weight excluding hydrogens is 256 g/mol. The third-order valence-corrected chi connectivity index (χ3v) is 2.77. The Hall–Kier alpha value is -1.65. The Morgan fingerprint density at radius 1 is 1.25 bits per heavy atom. The minimum atomic E-state index is -0.867. The van der Waals surface area contributed by atoms with Crippen LogP contribution in [0.5, 0.6) is 0 Å². The van der Waals surface area contributed by atoms with Crippen molar-refractivity contribution in [3.05, 3.63) is 42.0 Å². The van der Waals surface area contributed by atoms with Gasteiger partial charge in [-0.3, -0.25) is 4.79 Å². The Morgan fingerprint density at radius 3 is 2.60 bits per heavy atom. The van der Waals surface area contributed by atoms with Crippen molar-refractivity contribution in [2.24, 2.45) is 0 Å². The molecule has 0 aliphatic heterocycles. The van der Waals surface area contributed by atoms with Gasteiger partial charge < -0.3 is 14.9 Å². The van der Waals surface area contributed by atoms with E-state index in [4.69, 9.17) is 4.74 Å². The summed E-state index contributed by atoms with van der Waals surface area (Å²) >= 11 is 0. The molecule has 0 spiro atoms. The Kier molecular flexibility index (Phi) is 7.62. The Morgan fingerprint density at radius 2 is 1.95 bits per heavy atom. The van der Waals surface area contributed by atoms with Crippen molar-refractivity contribution in [1.82, 2.24) is 0 Å². The molecular formula is C16H22O4. The van der Waals surface area contributed by atoms with E-state index in [2.05, 4.69) is 0 Å². The van der Waals surface area contributed by atoms with Gasteiger partial charge >= 0.3 is 5.97 Å². The van der Waals surface area contributed by atoms with Gasteiger partial charge in [-0.1, -0.05) is 42.5 Å². The van der Waals surface area contributed by atoms with Gasteiger partial charge in [0.2, 0.25) is 0 Å². The molecule has 1 rings (SSSR count). The Balaban J connectivity index is 2.27. The zero-order chi connectivity index (χ0) is 14.8. The van der Waals surface area contributed by atoms with Crippen LogP contribution in [0.2, 0.25) is 0 Å². The highest BCUT2D eigenvalue weighted by Crippen LogP contribution is 2.09. The summed E-state index contributed by atoms with van der Waals surface area (Å²) in [6.45, 7) is 2.02. The number of benzene rings is 1. The van der Waals surface area contributed by atoms with Gasteiger partial charge in [0.05, 0.1) is 25.2 Å². The summed E-state index contributed by atoms with van der Waals surface area (Å²) in [5.74, 6) is -0.438. The molecule has 1 aromatic rings. The van der Waals surface area contributed by atoms with E-state index in [1.165, 1.54) is 0 Å². The first kappa shape index (κ1) is 16.4. The molecule has 0 fully saturated rings. The summed E-state index contributed by atoms with van der Waals surface area (Å²) in [5, 5.41) is 19.4. The quantitative estimate of drug-likeness (QED) is 0.715. The smallest absolute Gasteiger partial charge is 0.308 e. The maximum Gasteiger partial charge on any atom is 0.308 e. The molecule has 0 saturated heterocycles. The van der Waals surface area contributed by atoms with Crippen molar-refractivity contribution in [2.45, 2.75) is 38.4 Å². The van der Waals surface area contributed by atoms with Gasteiger partial charge in [-0.15, -0.1) is 0 Å². The maximum atomic E-state index is 11.2. The van der Waals surface area contributed by atoms with E-state index in [-0.39, 0.29) is 12.8 Å². The molecule has 2 atom stereocenters. The van der Waals surface area contributed by atoms with Crippen molar-refractivity contribution in [3.63, 3.8) is 0 Å². The third kappa shape index (κ3) is 7.07. The van der Waals surface area contributed by atoms with Crippen molar-refractivity contribution >= 4 is 12.0 Å². The van der Waals surface area contributed by atoms with Crippen molar-refractivity contribution in [1.29, 1.82) is 0 Å². The fourth-order valence-electron chi connectivity index (χ4n) is 1.83. The lowest BCUT2D eigenvalue weighted by molar-refractivity contribution is -0.145. The lowest BCUT2D eigenvalue weighted by Crippen LogP contribution is -2.21. The number of hydrogen-bond donors (Lipinski definition) is 2. The largest absolute Gasteiger partial charge is 0.466 e. The standard InChI is InChI=1S/C16H22O4/c1-2-20-16(19)12-15(18)11-14(17)10-6-9-13-7-4-3-5-8-13/h3-9,14-15,17-18H,2,10-12H2,1H3/b9-6+. The summed E-state index contributed by atoms with van der Waals surface area (Å²) in [6.07, 6.45) is 2.77. The maximum absolute atomic E-state index is 11.2. The van der Waals surface area contributed by atoms with Crippen LogP contribution in [0.3, 0.4) is 0 Å². The molecule has 4 heteroatoms. The normalized spacial score (nSPS) is 14.2. The average molecular weight is 278 g/mol. The SMILES string of the molecule is CCOC(=O)CC(O)CC(O)C/C=C/c1ccccc1. The molecule has 4 nitrogen and oxygen atoms in total. The van der Waals surface area contributed by atoms with E-state index in [0.717, 1.165) is 5.56 Å². The summed E-state index contributed by atoms with van der Waals surface area (Å²) in [5.41, 5.74) is 1.06. The number of carbonyl (C=O) groups is 1. The summed E-state index contributed by atoms with van der Waals surface area (Å²) in [6, 6.07) is 9.77. The highest BCUT2D eigenvalue weighted by atomic mass is 16.5. The first-order valence-corrected chi connectivity index (χ1v) is 6.85. The van der Waals surface area contributed by atoms with Crippen LogP contribution in [-0.4, -0.2) is 35.0 Å². The molecule has 2 N–H and O–H groups in total. The van der Waals surface area contributed by atoms with Gasteiger partial charge in [-0.05, 0) is 18.9 Å². The van der Waals surface area contributed by atoms with E-state index in [9.17, 15) is 15.0 Å². The van der Waals surface area contributed by atoms with Crippen molar-refractivity contribution in [3.8, 4) is 0 Å². The molecule has 0 aliphatic rings. The van der Waals surface area contributed by atoms with Gasteiger partial charge in [0, 0.05) is 6.42 Å². The molecule has 0 amide bonds. The van der Waals surface area contributed by atoms with Gasteiger partial charge in [0.1, 0.15) is 0 Å². The second-order valence-corrected chi connectivity index (χ2v) is 4.60. The van der Waals surface area contributed by atoms with E-state index >= 15 is 0 Å². The molecule has 0 aromatic heterocycles. The number of rotatable bonds is 8. The van der Waals surface area contributed by atoms with Crippen LogP contribution in [-0.2, 0) is 9.53 Å². The number of carbonyl (C=O) groups excluding carboxylic acids is 1. The minimum Gasteiger partial charge on any atom is -0.466 e. The van der Waals surface area contributed by atoms with Crippen LogP contribution in [0.4, 0.5) is 0 Å². The molecule has 110 valence electrons. The lowest BCUT2D eigenvalue weighted by atomic mass is 10.1. The van der Waals surface area contributed by atoms with Crippen molar-refractivity contribution < 1.29 is 19.7 Å². The zero-order valence-electron chi connectivity index (χ0n) is 11.7. The fraction of sp³-hybridized carbons (Fsp3) is 0.438. The molecule has 1 aromatic carbocycles. The molecule has 0 saturated carbocycles. The fourth-order valence-corrected chi connectivity index (χ4v) is 1.83. The predicted octanol–water partition coefficient (Wildman–Crippen LogP) is 2.15. The first-order valence-electron chi connectivity index (χ1n) is 6.85. The summed E-state index contributed by atoms with van der Waals surface area (Å²) < 4.78 is 4.74. The van der Waals surface area contributed by atoms with E-state index in [0.29, 0.717) is 13.0 Å². The zero-order valence-corrected chi connectivity index (χ0v) is 11.7. The minimum absolute atomic E-state index is 0.0761. The summed E-state index contributed by atoms with van der Waals surface area (Å²) in [7, 11) is 0. The lowest BCUT2D eigenvalue weighted by Gasteiger charge is -2.13. The van der Waals surface area contributed by atoms with Crippen LogP contribution >= 0.6 is 0 Å². The number of aliphatic hydroxyl groups is 2.